The lowest BCUT2D eigenvalue weighted by atomic mass is 10.4. The molecule has 1 heterocycles. The summed E-state index contributed by atoms with van der Waals surface area (Å²) in [6.45, 7) is 2.18. The lowest BCUT2D eigenvalue weighted by molar-refractivity contribution is 1.10. The van der Waals surface area contributed by atoms with E-state index in [0.717, 1.165) is 16.5 Å². The Hall–Kier alpha value is -0.210. The van der Waals surface area contributed by atoms with Gasteiger partial charge in [0.15, 0.2) is 0 Å². The summed E-state index contributed by atoms with van der Waals surface area (Å²) < 4.78 is 0. The van der Waals surface area contributed by atoms with Crippen molar-refractivity contribution in [3.63, 3.8) is 0 Å². The fourth-order valence-corrected chi connectivity index (χ4v) is 1.83. The van der Waals surface area contributed by atoms with Crippen molar-refractivity contribution in [3.05, 3.63) is 29.0 Å². The molecule has 0 aliphatic carbocycles. The molecular formula is C9H12ClNS. The van der Waals surface area contributed by atoms with Crippen LogP contribution in [0.4, 0.5) is 0 Å². The molecular weight excluding hydrogens is 190 g/mol. The second-order valence-corrected chi connectivity index (χ2v) is 4.06. The van der Waals surface area contributed by atoms with E-state index in [1.54, 1.807) is 12.3 Å². The van der Waals surface area contributed by atoms with Crippen molar-refractivity contribution in [2.24, 2.45) is 0 Å². The number of rotatable bonds is 4. The quantitative estimate of drug-likeness (QED) is 0.693. The first kappa shape index (κ1) is 9.87. The van der Waals surface area contributed by atoms with Gasteiger partial charge in [-0.15, -0.1) is 0 Å². The van der Waals surface area contributed by atoms with Gasteiger partial charge in [0.2, 0.25) is 0 Å². The number of hydrogen-bond acceptors (Lipinski definition) is 2. The highest BCUT2D eigenvalue weighted by Crippen LogP contribution is 2.14. The molecule has 0 bridgehead atoms. The second kappa shape index (κ2) is 5.44. The van der Waals surface area contributed by atoms with Gasteiger partial charge < -0.3 is 0 Å². The first-order valence-corrected chi connectivity index (χ1v) is 5.54. The maximum absolute atomic E-state index is 5.81. The molecule has 0 amide bonds. The van der Waals surface area contributed by atoms with Gasteiger partial charge in [-0.2, -0.15) is 11.8 Å². The van der Waals surface area contributed by atoms with Crippen molar-refractivity contribution in [1.29, 1.82) is 0 Å². The van der Waals surface area contributed by atoms with Crippen LogP contribution < -0.4 is 0 Å². The lowest BCUT2D eigenvalue weighted by Crippen LogP contribution is -1.86. The van der Waals surface area contributed by atoms with Gasteiger partial charge in [0.25, 0.3) is 0 Å². The highest BCUT2D eigenvalue weighted by molar-refractivity contribution is 7.98. The van der Waals surface area contributed by atoms with Gasteiger partial charge in [-0.3, -0.25) is 4.98 Å². The predicted molar refractivity (Wildman–Crippen MR) is 55.7 cm³/mol. The van der Waals surface area contributed by atoms with E-state index in [1.165, 1.54) is 12.2 Å². The van der Waals surface area contributed by atoms with Crippen LogP contribution in [0.1, 0.15) is 19.0 Å². The Bertz CT molecular complexity index is 240. The van der Waals surface area contributed by atoms with Gasteiger partial charge in [0, 0.05) is 17.0 Å². The molecule has 1 nitrogen and oxygen atoms in total. The fourth-order valence-electron chi connectivity index (χ4n) is 0.849. The molecule has 0 radical (unpaired) electrons. The van der Waals surface area contributed by atoms with E-state index in [2.05, 4.69) is 11.9 Å². The van der Waals surface area contributed by atoms with Crippen LogP contribution in [0, 0.1) is 0 Å². The summed E-state index contributed by atoms with van der Waals surface area (Å²) in [4.78, 5) is 4.21. The van der Waals surface area contributed by atoms with Crippen molar-refractivity contribution in [1.82, 2.24) is 4.98 Å². The molecule has 0 N–H and O–H groups in total. The standard InChI is InChI=1S/C9H12ClNS/c1-2-5-12-7-9-6-8(10)3-4-11-9/h3-4,6H,2,5,7H2,1H3. The molecule has 0 aliphatic rings. The van der Waals surface area contributed by atoms with E-state index in [0.29, 0.717) is 0 Å². The minimum absolute atomic E-state index is 0.775. The highest BCUT2D eigenvalue weighted by atomic mass is 35.5. The van der Waals surface area contributed by atoms with Gasteiger partial charge in [0.05, 0.1) is 5.69 Å². The summed E-state index contributed by atoms with van der Waals surface area (Å²) in [5.74, 6) is 2.16. The van der Waals surface area contributed by atoms with Crippen LogP contribution >= 0.6 is 23.4 Å². The smallest absolute Gasteiger partial charge is 0.0517 e. The minimum atomic E-state index is 0.775. The molecule has 0 unspecified atom stereocenters. The van der Waals surface area contributed by atoms with Crippen molar-refractivity contribution < 1.29 is 0 Å². The maximum atomic E-state index is 5.81. The highest BCUT2D eigenvalue weighted by Gasteiger charge is 1.94. The van der Waals surface area contributed by atoms with Crippen LogP contribution in [0.25, 0.3) is 0 Å². The summed E-state index contributed by atoms with van der Waals surface area (Å²) in [6, 6.07) is 3.72. The normalized spacial score (nSPS) is 10.2. The average Bonchev–Trinajstić information content (AvgIpc) is 2.05. The minimum Gasteiger partial charge on any atom is -0.260 e. The zero-order chi connectivity index (χ0) is 8.81. The number of thioether (sulfide) groups is 1. The Balaban J connectivity index is 2.41. The molecule has 1 aromatic rings. The van der Waals surface area contributed by atoms with Gasteiger partial charge in [0.1, 0.15) is 0 Å². The first-order valence-electron chi connectivity index (χ1n) is 4.01. The van der Waals surface area contributed by atoms with E-state index < -0.39 is 0 Å². The summed E-state index contributed by atoms with van der Waals surface area (Å²) in [5, 5.41) is 0.775. The Labute approximate surface area is 82.5 Å². The molecule has 12 heavy (non-hydrogen) atoms. The topological polar surface area (TPSA) is 12.9 Å². The summed E-state index contributed by atoms with van der Waals surface area (Å²) >= 11 is 7.70. The van der Waals surface area contributed by atoms with Crippen molar-refractivity contribution in [3.8, 4) is 0 Å². The zero-order valence-corrected chi connectivity index (χ0v) is 8.66. The number of hydrogen-bond donors (Lipinski definition) is 0. The van der Waals surface area contributed by atoms with E-state index in [9.17, 15) is 0 Å². The molecule has 0 aromatic carbocycles. The molecule has 1 aromatic heterocycles. The summed E-state index contributed by atoms with van der Waals surface area (Å²) in [5.41, 5.74) is 1.07. The van der Waals surface area contributed by atoms with E-state index in [4.69, 9.17) is 11.6 Å². The molecule has 0 saturated carbocycles. The van der Waals surface area contributed by atoms with E-state index in [-0.39, 0.29) is 0 Å². The van der Waals surface area contributed by atoms with Crippen LogP contribution in [-0.4, -0.2) is 10.7 Å². The third-order valence-corrected chi connectivity index (χ3v) is 2.81. The van der Waals surface area contributed by atoms with E-state index >= 15 is 0 Å². The second-order valence-electron chi connectivity index (χ2n) is 2.52. The van der Waals surface area contributed by atoms with Crippen LogP contribution in [0.2, 0.25) is 5.02 Å². The molecule has 0 aliphatic heterocycles. The van der Waals surface area contributed by atoms with E-state index in [1.807, 2.05) is 17.8 Å². The Morgan fingerprint density at radius 1 is 1.58 bits per heavy atom. The SMILES string of the molecule is CCCSCc1cc(Cl)ccn1. The molecule has 0 spiro atoms. The molecule has 0 saturated heterocycles. The predicted octanol–water partition coefficient (Wildman–Crippen LogP) is 3.38. The molecule has 3 heteroatoms. The van der Waals surface area contributed by atoms with Crippen LogP contribution in [-0.2, 0) is 5.75 Å². The average molecular weight is 202 g/mol. The molecule has 0 atom stereocenters. The van der Waals surface area contributed by atoms with Gasteiger partial charge in [-0.05, 0) is 24.3 Å². The lowest BCUT2D eigenvalue weighted by Gasteiger charge is -1.99. The number of nitrogens with zero attached hydrogens (tertiary/aromatic N) is 1. The zero-order valence-electron chi connectivity index (χ0n) is 7.09. The largest absolute Gasteiger partial charge is 0.260 e. The Morgan fingerprint density at radius 2 is 2.42 bits per heavy atom. The van der Waals surface area contributed by atoms with Crippen LogP contribution in [0.15, 0.2) is 18.3 Å². The van der Waals surface area contributed by atoms with Crippen LogP contribution in [0.3, 0.4) is 0 Å². The molecule has 66 valence electrons. The first-order chi connectivity index (χ1) is 5.83. The molecule has 0 fully saturated rings. The van der Waals surface area contributed by atoms with Crippen molar-refractivity contribution in [2.75, 3.05) is 5.75 Å². The third kappa shape index (κ3) is 3.46. The monoisotopic (exact) mass is 201 g/mol. The fraction of sp³-hybridized carbons (Fsp3) is 0.444. The Morgan fingerprint density at radius 3 is 3.08 bits per heavy atom. The van der Waals surface area contributed by atoms with Crippen molar-refractivity contribution in [2.45, 2.75) is 19.1 Å². The molecule has 1 rings (SSSR count). The summed E-state index contributed by atoms with van der Waals surface area (Å²) in [7, 11) is 0. The Kier molecular flexibility index (Phi) is 4.48. The van der Waals surface area contributed by atoms with Gasteiger partial charge in [-0.25, -0.2) is 0 Å². The number of halogens is 1. The maximum Gasteiger partial charge on any atom is 0.0517 e. The summed E-state index contributed by atoms with van der Waals surface area (Å²) in [6.07, 6.45) is 2.97. The van der Waals surface area contributed by atoms with Gasteiger partial charge in [-0.1, -0.05) is 18.5 Å². The number of pyridine rings is 1. The number of aromatic nitrogens is 1. The van der Waals surface area contributed by atoms with Crippen LogP contribution in [0.5, 0.6) is 0 Å². The van der Waals surface area contributed by atoms with Crippen molar-refractivity contribution >= 4 is 23.4 Å². The van der Waals surface area contributed by atoms with Gasteiger partial charge >= 0.3 is 0 Å². The third-order valence-electron chi connectivity index (χ3n) is 1.38.